The SMILES string of the molecule is C=C(C)[C@]12CCC[C@H]1CC2=O. The lowest BCUT2D eigenvalue weighted by Gasteiger charge is -2.43. The van der Waals surface area contributed by atoms with E-state index in [2.05, 4.69) is 6.58 Å². The van der Waals surface area contributed by atoms with Crippen LogP contribution in [0.15, 0.2) is 12.2 Å². The van der Waals surface area contributed by atoms with Crippen LogP contribution in [0.5, 0.6) is 0 Å². The minimum Gasteiger partial charge on any atom is -0.299 e. The standard InChI is InChI=1S/C10H14O/c1-7(2)10-5-3-4-8(10)6-9(10)11/h8H,1,3-6H2,2H3/t8-,10+/m0/s1. The molecule has 0 saturated heterocycles. The minimum absolute atomic E-state index is 0.0417. The van der Waals surface area contributed by atoms with Gasteiger partial charge in [0.15, 0.2) is 0 Å². The monoisotopic (exact) mass is 150 g/mol. The molecule has 1 nitrogen and oxygen atoms in total. The van der Waals surface area contributed by atoms with Crippen molar-refractivity contribution >= 4 is 5.78 Å². The number of carbonyl (C=O) groups excluding carboxylic acids is 1. The zero-order valence-electron chi connectivity index (χ0n) is 7.02. The molecular weight excluding hydrogens is 136 g/mol. The fourth-order valence-corrected chi connectivity index (χ4v) is 2.80. The Hall–Kier alpha value is -0.590. The molecule has 2 fully saturated rings. The fraction of sp³-hybridized carbons (Fsp3) is 0.700. The lowest BCUT2D eigenvalue weighted by atomic mass is 9.58. The van der Waals surface area contributed by atoms with Crippen molar-refractivity contribution in [3.63, 3.8) is 0 Å². The first-order chi connectivity index (χ1) is 5.18. The van der Waals surface area contributed by atoms with Crippen LogP contribution in [0.4, 0.5) is 0 Å². The van der Waals surface area contributed by atoms with Crippen molar-refractivity contribution in [3.8, 4) is 0 Å². The Morgan fingerprint density at radius 3 is 2.82 bits per heavy atom. The first-order valence-corrected chi connectivity index (χ1v) is 4.37. The van der Waals surface area contributed by atoms with Gasteiger partial charge in [-0.3, -0.25) is 4.79 Å². The van der Waals surface area contributed by atoms with E-state index in [-0.39, 0.29) is 5.41 Å². The Balaban J connectivity index is 2.33. The van der Waals surface area contributed by atoms with Gasteiger partial charge in [-0.05, 0) is 25.7 Å². The van der Waals surface area contributed by atoms with Gasteiger partial charge in [0.2, 0.25) is 0 Å². The second-order valence-corrected chi connectivity index (χ2v) is 3.97. The summed E-state index contributed by atoms with van der Waals surface area (Å²) in [5.74, 6) is 1.11. The molecule has 1 heteroatoms. The lowest BCUT2D eigenvalue weighted by Crippen LogP contribution is -2.46. The second kappa shape index (κ2) is 1.96. The van der Waals surface area contributed by atoms with Gasteiger partial charge >= 0.3 is 0 Å². The predicted octanol–water partition coefficient (Wildman–Crippen LogP) is 2.32. The molecule has 2 atom stereocenters. The molecule has 0 radical (unpaired) electrons. The van der Waals surface area contributed by atoms with Gasteiger partial charge < -0.3 is 0 Å². The van der Waals surface area contributed by atoms with Crippen LogP contribution >= 0.6 is 0 Å². The van der Waals surface area contributed by atoms with E-state index in [0.29, 0.717) is 11.7 Å². The molecule has 0 aromatic heterocycles. The van der Waals surface area contributed by atoms with Crippen molar-refractivity contribution in [1.82, 2.24) is 0 Å². The molecule has 60 valence electrons. The largest absolute Gasteiger partial charge is 0.299 e. The van der Waals surface area contributed by atoms with Gasteiger partial charge in [-0.25, -0.2) is 0 Å². The van der Waals surface area contributed by atoms with E-state index in [0.717, 1.165) is 18.4 Å². The first kappa shape index (κ1) is 7.08. The Morgan fingerprint density at radius 2 is 2.45 bits per heavy atom. The molecule has 11 heavy (non-hydrogen) atoms. The van der Waals surface area contributed by atoms with Crippen LogP contribution in [-0.4, -0.2) is 5.78 Å². The molecule has 0 amide bonds. The van der Waals surface area contributed by atoms with Crippen molar-refractivity contribution in [2.75, 3.05) is 0 Å². The van der Waals surface area contributed by atoms with Gasteiger partial charge in [0, 0.05) is 6.42 Å². The number of fused-ring (bicyclic) bond motifs is 1. The maximum atomic E-state index is 11.4. The Kier molecular flexibility index (Phi) is 1.26. The molecule has 0 bridgehead atoms. The van der Waals surface area contributed by atoms with E-state index in [1.54, 1.807) is 0 Å². The highest BCUT2D eigenvalue weighted by molar-refractivity contribution is 5.94. The van der Waals surface area contributed by atoms with E-state index in [1.165, 1.54) is 12.8 Å². The van der Waals surface area contributed by atoms with Gasteiger partial charge in [-0.2, -0.15) is 0 Å². The Bertz CT molecular complexity index is 219. The molecule has 2 aliphatic carbocycles. The van der Waals surface area contributed by atoms with Gasteiger partial charge in [0.1, 0.15) is 5.78 Å². The lowest BCUT2D eigenvalue weighted by molar-refractivity contribution is -0.139. The Morgan fingerprint density at radius 1 is 1.73 bits per heavy atom. The van der Waals surface area contributed by atoms with Crippen molar-refractivity contribution in [3.05, 3.63) is 12.2 Å². The smallest absolute Gasteiger partial charge is 0.143 e. The van der Waals surface area contributed by atoms with Crippen LogP contribution in [0, 0.1) is 11.3 Å². The summed E-state index contributed by atoms with van der Waals surface area (Å²) in [4.78, 5) is 11.4. The third-order valence-corrected chi connectivity index (χ3v) is 3.51. The topological polar surface area (TPSA) is 17.1 Å². The summed E-state index contributed by atoms with van der Waals surface area (Å²) in [6.07, 6.45) is 4.38. The summed E-state index contributed by atoms with van der Waals surface area (Å²) in [5, 5.41) is 0. The van der Waals surface area contributed by atoms with Crippen molar-refractivity contribution in [2.45, 2.75) is 32.6 Å². The molecule has 0 heterocycles. The van der Waals surface area contributed by atoms with Gasteiger partial charge in [-0.1, -0.05) is 18.6 Å². The second-order valence-electron chi connectivity index (χ2n) is 3.97. The van der Waals surface area contributed by atoms with Crippen LogP contribution in [0.25, 0.3) is 0 Å². The summed E-state index contributed by atoms with van der Waals surface area (Å²) in [5.41, 5.74) is 1.07. The third kappa shape index (κ3) is 0.640. The fourth-order valence-electron chi connectivity index (χ4n) is 2.80. The molecule has 0 N–H and O–H groups in total. The highest BCUT2D eigenvalue weighted by Gasteiger charge is 2.57. The van der Waals surface area contributed by atoms with Gasteiger partial charge in [0.05, 0.1) is 5.41 Å². The summed E-state index contributed by atoms with van der Waals surface area (Å²) in [6.45, 7) is 5.95. The zero-order chi connectivity index (χ0) is 8.06. The molecule has 0 unspecified atom stereocenters. The van der Waals surface area contributed by atoms with Crippen LogP contribution in [0.3, 0.4) is 0 Å². The number of hydrogen-bond acceptors (Lipinski definition) is 1. The van der Waals surface area contributed by atoms with Gasteiger partial charge in [0.25, 0.3) is 0 Å². The van der Waals surface area contributed by atoms with Crippen LogP contribution in [0.1, 0.15) is 32.6 Å². The molecule has 2 saturated carbocycles. The van der Waals surface area contributed by atoms with Crippen molar-refractivity contribution in [2.24, 2.45) is 11.3 Å². The van der Waals surface area contributed by atoms with E-state index >= 15 is 0 Å². The van der Waals surface area contributed by atoms with Crippen molar-refractivity contribution < 1.29 is 4.79 Å². The minimum atomic E-state index is -0.0417. The van der Waals surface area contributed by atoms with E-state index < -0.39 is 0 Å². The maximum Gasteiger partial charge on any atom is 0.143 e. The normalized spacial score (nSPS) is 41.5. The summed E-state index contributed by atoms with van der Waals surface area (Å²) in [7, 11) is 0. The first-order valence-electron chi connectivity index (χ1n) is 4.37. The molecule has 2 aliphatic rings. The third-order valence-electron chi connectivity index (χ3n) is 3.51. The number of hydrogen-bond donors (Lipinski definition) is 0. The molecule has 0 spiro atoms. The van der Waals surface area contributed by atoms with Crippen LogP contribution < -0.4 is 0 Å². The number of carbonyl (C=O) groups is 1. The van der Waals surface area contributed by atoms with E-state index in [4.69, 9.17) is 0 Å². The van der Waals surface area contributed by atoms with E-state index in [1.807, 2.05) is 6.92 Å². The number of Topliss-reactive ketones (excluding diaryl/α,β-unsaturated/α-hetero) is 1. The molecule has 0 aromatic rings. The molecular formula is C10H14O. The Labute approximate surface area is 67.5 Å². The highest BCUT2D eigenvalue weighted by Crippen LogP contribution is 2.58. The highest BCUT2D eigenvalue weighted by atomic mass is 16.1. The average molecular weight is 150 g/mol. The predicted molar refractivity (Wildman–Crippen MR) is 44.2 cm³/mol. The summed E-state index contributed by atoms with van der Waals surface area (Å²) >= 11 is 0. The van der Waals surface area contributed by atoms with E-state index in [9.17, 15) is 4.79 Å². The number of allylic oxidation sites excluding steroid dienone is 1. The molecule has 0 aromatic carbocycles. The number of rotatable bonds is 1. The summed E-state index contributed by atoms with van der Waals surface area (Å²) in [6, 6.07) is 0. The average Bonchev–Trinajstić information content (AvgIpc) is 2.26. The quantitative estimate of drug-likeness (QED) is 0.524. The van der Waals surface area contributed by atoms with Gasteiger partial charge in [-0.15, -0.1) is 0 Å². The zero-order valence-corrected chi connectivity index (χ0v) is 7.02. The van der Waals surface area contributed by atoms with Crippen molar-refractivity contribution in [1.29, 1.82) is 0 Å². The maximum absolute atomic E-state index is 11.4. The molecule has 0 aliphatic heterocycles. The van der Waals surface area contributed by atoms with Crippen LogP contribution in [-0.2, 0) is 4.79 Å². The molecule has 2 rings (SSSR count). The number of ketones is 1. The summed E-state index contributed by atoms with van der Waals surface area (Å²) < 4.78 is 0. The van der Waals surface area contributed by atoms with Crippen LogP contribution in [0.2, 0.25) is 0 Å².